The topological polar surface area (TPSA) is 107 Å². The quantitative estimate of drug-likeness (QED) is 0.473. The first kappa shape index (κ1) is 24.1. The van der Waals surface area contributed by atoms with Gasteiger partial charge in [-0.1, -0.05) is 19.1 Å². The Morgan fingerprint density at radius 3 is 2.55 bits per heavy atom. The van der Waals surface area contributed by atoms with E-state index in [1.54, 1.807) is 50.4 Å². The first-order valence-corrected chi connectivity index (χ1v) is 11.6. The van der Waals surface area contributed by atoms with Crippen LogP contribution in [0.4, 0.5) is 5.69 Å². The molecule has 0 aliphatic carbocycles. The van der Waals surface area contributed by atoms with E-state index in [1.165, 1.54) is 12.4 Å². The number of methoxy groups -OCH3 is 1. The predicted molar refractivity (Wildman–Crippen MR) is 124 cm³/mol. The van der Waals surface area contributed by atoms with Crippen LogP contribution in [0.3, 0.4) is 0 Å². The number of amides is 1. The van der Waals surface area contributed by atoms with E-state index in [2.05, 4.69) is 15.3 Å². The highest BCUT2D eigenvalue weighted by Crippen LogP contribution is 2.27. The highest BCUT2D eigenvalue weighted by atomic mass is 32.2. The van der Waals surface area contributed by atoms with E-state index in [1.807, 2.05) is 19.1 Å². The summed E-state index contributed by atoms with van der Waals surface area (Å²) < 4.78 is 23.5. The van der Waals surface area contributed by atoms with Gasteiger partial charge in [0.05, 0.1) is 34.4 Å². The van der Waals surface area contributed by atoms with Crippen LogP contribution in [-0.2, 0) is 26.9 Å². The summed E-state index contributed by atoms with van der Waals surface area (Å²) in [6.45, 7) is 3.54. The van der Waals surface area contributed by atoms with E-state index in [9.17, 15) is 13.8 Å². The Morgan fingerprint density at radius 1 is 1.09 bits per heavy atom. The Bertz CT molecular complexity index is 1150. The van der Waals surface area contributed by atoms with Gasteiger partial charge in [0.2, 0.25) is 0 Å². The number of hydrogen-bond acceptors (Lipinski definition) is 7. The van der Waals surface area contributed by atoms with Gasteiger partial charge in [-0.15, -0.1) is 0 Å². The lowest BCUT2D eigenvalue weighted by Gasteiger charge is -2.15. The standard InChI is InChI=1S/C24H25N3O5S/c1-4-22(28)32-15-19-14-18(11-13-25-19)27-23(29)21-6-5-12-26-24(21)33(30)16(2)17-7-9-20(31-3)10-8-17/h5-14,16H,4,15H2,1-3H3,(H,25,27,29). The lowest BCUT2D eigenvalue weighted by atomic mass is 10.1. The van der Waals surface area contributed by atoms with E-state index in [0.29, 0.717) is 17.1 Å². The number of esters is 1. The van der Waals surface area contributed by atoms with Crippen LogP contribution in [0.5, 0.6) is 5.75 Å². The monoisotopic (exact) mass is 467 g/mol. The van der Waals surface area contributed by atoms with Crippen LogP contribution < -0.4 is 10.1 Å². The van der Waals surface area contributed by atoms with Crippen molar-refractivity contribution in [2.24, 2.45) is 0 Å². The lowest BCUT2D eigenvalue weighted by Crippen LogP contribution is -2.17. The van der Waals surface area contributed by atoms with Crippen molar-refractivity contribution in [3.63, 3.8) is 0 Å². The van der Waals surface area contributed by atoms with Crippen molar-refractivity contribution in [2.75, 3.05) is 12.4 Å². The zero-order valence-electron chi connectivity index (χ0n) is 18.6. The second kappa shape index (κ2) is 11.3. The molecule has 0 fully saturated rings. The molecule has 0 saturated heterocycles. The highest BCUT2D eigenvalue weighted by molar-refractivity contribution is 7.85. The highest BCUT2D eigenvalue weighted by Gasteiger charge is 2.23. The van der Waals surface area contributed by atoms with Gasteiger partial charge in [0, 0.05) is 24.5 Å². The summed E-state index contributed by atoms with van der Waals surface area (Å²) in [6.07, 6.45) is 3.29. The fourth-order valence-corrected chi connectivity index (χ4v) is 4.26. The normalized spacial score (nSPS) is 12.5. The lowest BCUT2D eigenvalue weighted by molar-refractivity contribution is -0.144. The van der Waals surface area contributed by atoms with Gasteiger partial charge >= 0.3 is 5.97 Å². The molecule has 3 rings (SSSR count). The van der Waals surface area contributed by atoms with Crippen molar-refractivity contribution >= 4 is 28.4 Å². The molecule has 0 spiro atoms. The van der Waals surface area contributed by atoms with Crippen LogP contribution in [0.2, 0.25) is 0 Å². The zero-order chi connectivity index (χ0) is 23.8. The molecule has 2 aromatic heterocycles. The maximum absolute atomic E-state index is 13.3. The molecule has 33 heavy (non-hydrogen) atoms. The number of nitrogens with zero attached hydrogens (tertiary/aromatic N) is 2. The predicted octanol–water partition coefficient (Wildman–Crippen LogP) is 4.06. The summed E-state index contributed by atoms with van der Waals surface area (Å²) >= 11 is 0. The van der Waals surface area contributed by atoms with Crippen molar-refractivity contribution in [2.45, 2.75) is 37.2 Å². The number of carbonyl (C=O) groups is 2. The number of benzene rings is 1. The molecule has 0 bridgehead atoms. The Balaban J connectivity index is 1.77. The largest absolute Gasteiger partial charge is 0.497 e. The molecule has 0 radical (unpaired) electrons. The van der Waals surface area contributed by atoms with Crippen LogP contribution in [0, 0.1) is 0 Å². The van der Waals surface area contributed by atoms with Crippen LogP contribution in [0.1, 0.15) is 47.1 Å². The molecular weight excluding hydrogens is 442 g/mol. The van der Waals surface area contributed by atoms with Gasteiger partial charge < -0.3 is 14.8 Å². The van der Waals surface area contributed by atoms with Crippen LogP contribution in [-0.4, -0.2) is 33.2 Å². The summed E-state index contributed by atoms with van der Waals surface area (Å²) in [7, 11) is 0.00795. The molecule has 0 aliphatic heterocycles. The van der Waals surface area contributed by atoms with E-state index >= 15 is 0 Å². The Morgan fingerprint density at radius 2 is 1.85 bits per heavy atom. The number of pyridine rings is 2. The third-order valence-corrected chi connectivity index (χ3v) is 6.48. The van der Waals surface area contributed by atoms with Gasteiger partial charge in [-0.05, 0) is 48.9 Å². The second-order valence-corrected chi connectivity index (χ2v) is 8.76. The van der Waals surface area contributed by atoms with Crippen LogP contribution in [0.15, 0.2) is 66.0 Å². The fraction of sp³-hybridized carbons (Fsp3) is 0.250. The molecule has 8 nitrogen and oxygen atoms in total. The summed E-state index contributed by atoms with van der Waals surface area (Å²) in [5, 5.41) is 2.59. The molecule has 9 heteroatoms. The molecule has 0 saturated carbocycles. The molecule has 2 atom stereocenters. The maximum Gasteiger partial charge on any atom is 0.305 e. The molecule has 1 aromatic carbocycles. The molecule has 1 N–H and O–H groups in total. The van der Waals surface area contributed by atoms with Crippen LogP contribution in [0.25, 0.3) is 0 Å². The number of anilines is 1. The maximum atomic E-state index is 13.3. The average molecular weight is 468 g/mol. The number of carbonyl (C=O) groups excluding carboxylic acids is 2. The fourth-order valence-electron chi connectivity index (χ4n) is 2.98. The average Bonchev–Trinajstić information content (AvgIpc) is 2.86. The molecule has 0 aliphatic rings. The Kier molecular flexibility index (Phi) is 8.26. The first-order chi connectivity index (χ1) is 15.9. The molecule has 3 aromatic rings. The first-order valence-electron chi connectivity index (χ1n) is 10.3. The summed E-state index contributed by atoms with van der Waals surface area (Å²) in [6, 6.07) is 13.7. The molecular formula is C24H25N3O5S. The van der Waals surface area contributed by atoms with E-state index in [-0.39, 0.29) is 29.6 Å². The Hall–Kier alpha value is -3.59. The number of nitrogens with one attached hydrogen (secondary N) is 1. The minimum atomic E-state index is -1.57. The molecule has 1 amide bonds. The Labute approximate surface area is 194 Å². The smallest absolute Gasteiger partial charge is 0.305 e. The van der Waals surface area contributed by atoms with Crippen molar-refractivity contribution < 1.29 is 23.3 Å². The SMILES string of the molecule is CCC(=O)OCc1cc(NC(=O)c2cccnc2S(=O)C(C)c2ccc(OC)cc2)ccn1. The van der Waals surface area contributed by atoms with E-state index in [0.717, 1.165) is 5.56 Å². The van der Waals surface area contributed by atoms with Gasteiger partial charge in [-0.3, -0.25) is 18.8 Å². The van der Waals surface area contributed by atoms with Gasteiger partial charge in [0.1, 0.15) is 17.4 Å². The van der Waals surface area contributed by atoms with Crippen molar-refractivity contribution in [1.82, 2.24) is 9.97 Å². The van der Waals surface area contributed by atoms with Gasteiger partial charge in [-0.2, -0.15) is 0 Å². The summed E-state index contributed by atoms with van der Waals surface area (Å²) in [4.78, 5) is 32.7. The van der Waals surface area contributed by atoms with E-state index in [4.69, 9.17) is 9.47 Å². The van der Waals surface area contributed by atoms with Gasteiger partial charge in [0.15, 0.2) is 0 Å². The van der Waals surface area contributed by atoms with Crippen molar-refractivity contribution in [1.29, 1.82) is 0 Å². The minimum absolute atomic E-state index is 0.0118. The zero-order valence-corrected chi connectivity index (χ0v) is 19.4. The summed E-state index contributed by atoms with van der Waals surface area (Å²) in [5.74, 6) is -0.0772. The third kappa shape index (κ3) is 6.23. The van der Waals surface area contributed by atoms with Crippen LogP contribution >= 0.6 is 0 Å². The van der Waals surface area contributed by atoms with Crippen molar-refractivity contribution in [3.8, 4) is 5.75 Å². The second-order valence-electron chi connectivity index (χ2n) is 7.07. The number of aromatic nitrogens is 2. The number of hydrogen-bond donors (Lipinski definition) is 1. The third-order valence-electron chi connectivity index (χ3n) is 4.86. The molecule has 172 valence electrons. The number of ether oxygens (including phenoxy) is 2. The van der Waals surface area contributed by atoms with Crippen molar-refractivity contribution in [3.05, 3.63) is 77.7 Å². The van der Waals surface area contributed by atoms with E-state index < -0.39 is 22.0 Å². The van der Waals surface area contributed by atoms with Gasteiger partial charge in [-0.25, -0.2) is 4.98 Å². The van der Waals surface area contributed by atoms with Gasteiger partial charge in [0.25, 0.3) is 5.91 Å². The summed E-state index contributed by atoms with van der Waals surface area (Å²) in [5.41, 5.74) is 2.03. The minimum Gasteiger partial charge on any atom is -0.497 e. The number of rotatable bonds is 9. The molecule has 2 unspecified atom stereocenters. The molecule has 2 heterocycles.